The lowest BCUT2D eigenvalue weighted by atomic mass is 9.78. The van der Waals surface area contributed by atoms with Crippen LogP contribution in [0.3, 0.4) is 0 Å². The Labute approximate surface area is 251 Å². The van der Waals surface area contributed by atoms with Crippen LogP contribution in [0.1, 0.15) is 20.3 Å². The zero-order chi connectivity index (χ0) is 29.4. The van der Waals surface area contributed by atoms with Crippen molar-refractivity contribution in [1.82, 2.24) is 4.90 Å². The Morgan fingerprint density at radius 1 is 0.881 bits per heavy atom. The number of amides is 3. The van der Waals surface area contributed by atoms with Gasteiger partial charge in [0.15, 0.2) is 0 Å². The fraction of sp³-hybridized carbons (Fsp3) is 0.424. The first-order chi connectivity index (χ1) is 20.4. The summed E-state index contributed by atoms with van der Waals surface area (Å²) in [6.07, 6.45) is 8.46. The molecule has 6 rings (SSSR count). The summed E-state index contributed by atoms with van der Waals surface area (Å²) < 4.78 is -0.880. The molecule has 1 spiro atoms. The van der Waals surface area contributed by atoms with Crippen molar-refractivity contribution in [3.05, 3.63) is 78.9 Å². The van der Waals surface area contributed by atoms with E-state index in [9.17, 15) is 19.5 Å². The highest BCUT2D eigenvalue weighted by atomic mass is 32.2. The molecule has 220 valence electrons. The standard InChI is InChI=1S/C33H38N4O4S/c1-3-34(4-2)23-14-16-25(17-15-23)36-20-9-18-33-28(31(40)37(21-10-22-38)29(33)32(36)41)27-26(42-33)13-8-19-35(30(27)39)24-11-6-5-7-12-24/h5-9,11-18,26-29,38H,3-4,10,19-22H2,1-2H3/t26-,27+,28+,29?,33+/m1/s1. The summed E-state index contributed by atoms with van der Waals surface area (Å²) >= 11 is 1.58. The van der Waals surface area contributed by atoms with E-state index in [1.54, 1.807) is 26.5 Å². The zero-order valence-corrected chi connectivity index (χ0v) is 25.0. The van der Waals surface area contributed by atoms with Crippen LogP contribution in [0, 0.1) is 11.8 Å². The topological polar surface area (TPSA) is 84.4 Å². The number of rotatable bonds is 8. The maximum Gasteiger partial charge on any atom is 0.251 e. The highest BCUT2D eigenvalue weighted by Crippen LogP contribution is 2.61. The van der Waals surface area contributed by atoms with Gasteiger partial charge in [0.1, 0.15) is 6.04 Å². The first-order valence-corrected chi connectivity index (χ1v) is 15.8. The van der Waals surface area contributed by atoms with Gasteiger partial charge in [0.2, 0.25) is 11.8 Å². The summed E-state index contributed by atoms with van der Waals surface area (Å²) in [7, 11) is 0. The van der Waals surface area contributed by atoms with Gasteiger partial charge in [-0.15, -0.1) is 11.8 Å². The van der Waals surface area contributed by atoms with E-state index >= 15 is 0 Å². The monoisotopic (exact) mass is 586 g/mol. The van der Waals surface area contributed by atoms with Crippen LogP contribution in [0.5, 0.6) is 0 Å². The van der Waals surface area contributed by atoms with E-state index in [0.717, 1.165) is 30.2 Å². The molecule has 9 heteroatoms. The van der Waals surface area contributed by atoms with Crippen molar-refractivity contribution >= 4 is 46.5 Å². The van der Waals surface area contributed by atoms with Crippen molar-refractivity contribution in [2.75, 3.05) is 54.0 Å². The number of para-hydroxylation sites is 1. The second-order valence-electron chi connectivity index (χ2n) is 11.2. The van der Waals surface area contributed by atoms with Gasteiger partial charge in [-0.2, -0.15) is 0 Å². The van der Waals surface area contributed by atoms with E-state index in [2.05, 4.69) is 24.8 Å². The van der Waals surface area contributed by atoms with Gasteiger partial charge in [0.25, 0.3) is 5.91 Å². The van der Waals surface area contributed by atoms with Crippen LogP contribution < -0.4 is 14.7 Å². The average Bonchev–Trinajstić information content (AvgIpc) is 3.32. The Morgan fingerprint density at radius 3 is 2.24 bits per heavy atom. The molecule has 4 aliphatic heterocycles. The van der Waals surface area contributed by atoms with E-state index in [1.165, 1.54) is 0 Å². The summed E-state index contributed by atoms with van der Waals surface area (Å²) in [6, 6.07) is 16.8. The van der Waals surface area contributed by atoms with Crippen LogP contribution in [-0.2, 0) is 14.4 Å². The number of aliphatic hydroxyl groups is 1. The van der Waals surface area contributed by atoms with Gasteiger partial charge in [-0.3, -0.25) is 14.4 Å². The van der Waals surface area contributed by atoms with Gasteiger partial charge in [-0.1, -0.05) is 42.5 Å². The number of nitrogens with zero attached hydrogens (tertiary/aromatic N) is 4. The molecule has 4 aliphatic rings. The number of fused-ring (bicyclic) bond motifs is 2. The van der Waals surface area contributed by atoms with Gasteiger partial charge in [-0.05, 0) is 56.7 Å². The van der Waals surface area contributed by atoms with Gasteiger partial charge >= 0.3 is 0 Å². The quantitative estimate of drug-likeness (QED) is 0.475. The van der Waals surface area contributed by atoms with Crippen LogP contribution >= 0.6 is 11.8 Å². The Hall–Kier alpha value is -3.56. The molecular weight excluding hydrogens is 548 g/mol. The van der Waals surface area contributed by atoms with Crippen molar-refractivity contribution in [2.24, 2.45) is 11.8 Å². The lowest BCUT2D eigenvalue weighted by Gasteiger charge is -2.35. The predicted molar refractivity (Wildman–Crippen MR) is 168 cm³/mol. The number of hydrogen-bond acceptors (Lipinski definition) is 6. The summed E-state index contributed by atoms with van der Waals surface area (Å²) in [5.74, 6) is -1.69. The molecule has 2 aromatic carbocycles. The number of anilines is 3. The zero-order valence-electron chi connectivity index (χ0n) is 24.1. The van der Waals surface area contributed by atoms with Crippen molar-refractivity contribution in [1.29, 1.82) is 0 Å². The van der Waals surface area contributed by atoms with Gasteiger partial charge < -0.3 is 24.7 Å². The molecule has 3 amide bonds. The lowest BCUT2D eigenvalue weighted by molar-refractivity contribution is -0.138. The fourth-order valence-corrected chi connectivity index (χ4v) is 9.13. The number of thioether (sulfide) groups is 1. The van der Waals surface area contributed by atoms with Crippen LogP contribution in [0.15, 0.2) is 78.9 Å². The fourth-order valence-electron chi connectivity index (χ4n) is 7.12. The lowest BCUT2D eigenvalue weighted by Crippen LogP contribution is -2.53. The van der Waals surface area contributed by atoms with Gasteiger partial charge in [0.05, 0.1) is 16.6 Å². The average molecular weight is 587 g/mol. The number of likely N-dealkylation sites (tertiary alicyclic amines) is 1. The third-order valence-electron chi connectivity index (χ3n) is 9.07. The molecule has 0 bridgehead atoms. The molecule has 42 heavy (non-hydrogen) atoms. The Kier molecular flexibility index (Phi) is 7.89. The van der Waals surface area contributed by atoms with Gasteiger partial charge in [-0.25, -0.2) is 0 Å². The van der Waals surface area contributed by atoms with Crippen molar-refractivity contribution in [2.45, 2.75) is 36.3 Å². The molecule has 2 fully saturated rings. The molecule has 1 N–H and O–H groups in total. The van der Waals surface area contributed by atoms with E-state index in [1.807, 2.05) is 72.8 Å². The Balaban J connectivity index is 1.38. The third kappa shape index (κ3) is 4.54. The Morgan fingerprint density at radius 2 is 1.55 bits per heavy atom. The number of carbonyl (C=O) groups excluding carboxylic acids is 3. The molecule has 8 nitrogen and oxygen atoms in total. The Bertz CT molecular complexity index is 1390. The minimum Gasteiger partial charge on any atom is -0.396 e. The molecule has 0 aliphatic carbocycles. The molecule has 0 aromatic heterocycles. The number of hydrogen-bond donors (Lipinski definition) is 1. The summed E-state index contributed by atoms with van der Waals surface area (Å²) in [6.45, 7) is 7.01. The van der Waals surface area contributed by atoms with Gasteiger partial charge in [0, 0.05) is 61.6 Å². The summed E-state index contributed by atoms with van der Waals surface area (Å²) in [5.41, 5.74) is 2.67. The van der Waals surface area contributed by atoms with Crippen molar-refractivity contribution in [3.8, 4) is 0 Å². The van der Waals surface area contributed by atoms with E-state index in [4.69, 9.17) is 0 Å². The maximum absolute atomic E-state index is 14.5. The molecular formula is C33H38N4O4S. The molecule has 2 aromatic rings. The highest BCUT2D eigenvalue weighted by molar-refractivity contribution is 8.02. The van der Waals surface area contributed by atoms with Crippen LogP contribution in [0.2, 0.25) is 0 Å². The molecule has 2 saturated heterocycles. The summed E-state index contributed by atoms with van der Waals surface area (Å²) in [4.78, 5) is 50.5. The largest absolute Gasteiger partial charge is 0.396 e. The maximum atomic E-state index is 14.5. The van der Waals surface area contributed by atoms with Crippen molar-refractivity contribution in [3.63, 3.8) is 0 Å². The first-order valence-electron chi connectivity index (χ1n) is 14.9. The highest BCUT2D eigenvalue weighted by Gasteiger charge is 2.71. The summed E-state index contributed by atoms with van der Waals surface area (Å²) in [5, 5.41) is 9.45. The molecule has 0 saturated carbocycles. The second kappa shape index (κ2) is 11.6. The van der Waals surface area contributed by atoms with E-state index in [-0.39, 0.29) is 36.1 Å². The smallest absolute Gasteiger partial charge is 0.251 e. The van der Waals surface area contributed by atoms with E-state index < -0.39 is 22.6 Å². The normalized spacial score (nSPS) is 28.5. The van der Waals surface area contributed by atoms with Crippen LogP contribution in [0.25, 0.3) is 0 Å². The first kappa shape index (κ1) is 28.6. The minimum atomic E-state index is -0.880. The number of carbonyl (C=O) groups is 3. The number of benzene rings is 2. The van der Waals surface area contributed by atoms with Crippen LogP contribution in [-0.4, -0.2) is 83.1 Å². The second-order valence-corrected chi connectivity index (χ2v) is 12.7. The SMILES string of the molecule is CCN(CC)c1ccc(N2CC=C[C@]34S[C@@H]5C=CCN(c6ccccc6)C(=O)[C@@H]5[C@H]3C(=O)N(CCCO)C4C2=O)cc1. The molecule has 5 atom stereocenters. The molecule has 0 radical (unpaired) electrons. The number of aliphatic hydroxyl groups excluding tert-OH is 1. The molecule has 4 heterocycles. The third-order valence-corrected chi connectivity index (χ3v) is 10.8. The predicted octanol–water partition coefficient (Wildman–Crippen LogP) is 3.72. The van der Waals surface area contributed by atoms with E-state index in [0.29, 0.717) is 19.5 Å². The van der Waals surface area contributed by atoms with Crippen molar-refractivity contribution < 1.29 is 19.5 Å². The minimum absolute atomic E-state index is 0.0859. The molecule has 1 unspecified atom stereocenters. The van der Waals surface area contributed by atoms with Crippen LogP contribution in [0.4, 0.5) is 17.1 Å².